The topological polar surface area (TPSA) is 55.4 Å². The first-order chi connectivity index (χ1) is 10.5. The fourth-order valence-corrected chi connectivity index (χ4v) is 2.68. The van der Waals surface area contributed by atoms with Crippen LogP contribution >= 0.6 is 0 Å². The molecule has 142 valence electrons. The molecule has 0 bridgehead atoms. The van der Waals surface area contributed by atoms with Gasteiger partial charge >= 0.3 is 0 Å². The second-order valence-corrected chi connectivity index (χ2v) is 10.1. The van der Waals surface area contributed by atoms with E-state index in [0.29, 0.717) is 25.9 Å². The van der Waals surface area contributed by atoms with Crippen molar-refractivity contribution in [3.05, 3.63) is 0 Å². The normalized spacial score (nSPS) is 13.8. The molecule has 0 aromatic carbocycles. The van der Waals surface area contributed by atoms with Crippen LogP contribution in [0.1, 0.15) is 88.5 Å². The predicted molar refractivity (Wildman–Crippen MR) is 100 cm³/mol. The summed E-state index contributed by atoms with van der Waals surface area (Å²) in [6, 6.07) is 0. The zero-order valence-electron chi connectivity index (χ0n) is 17.6. The van der Waals surface area contributed by atoms with E-state index in [1.165, 1.54) is 0 Å². The quantitative estimate of drug-likeness (QED) is 0.707. The summed E-state index contributed by atoms with van der Waals surface area (Å²) in [7, 11) is 0. The molecule has 4 nitrogen and oxygen atoms in total. The van der Waals surface area contributed by atoms with Crippen LogP contribution in [0.25, 0.3) is 0 Å². The Morgan fingerprint density at radius 3 is 1.75 bits per heavy atom. The van der Waals surface area contributed by atoms with E-state index < -0.39 is 5.41 Å². The summed E-state index contributed by atoms with van der Waals surface area (Å²) < 4.78 is 5.98. The lowest BCUT2D eigenvalue weighted by molar-refractivity contribution is -0.137. The van der Waals surface area contributed by atoms with Crippen molar-refractivity contribution in [1.82, 2.24) is 5.32 Å². The molecular weight excluding hydrogens is 302 g/mol. The molecule has 0 aliphatic rings. The van der Waals surface area contributed by atoms with Crippen molar-refractivity contribution in [2.24, 2.45) is 10.8 Å². The maximum Gasteiger partial charge on any atom is 0.220 e. The van der Waals surface area contributed by atoms with Crippen molar-refractivity contribution in [3.63, 3.8) is 0 Å². The third kappa shape index (κ3) is 9.41. The zero-order valence-corrected chi connectivity index (χ0v) is 17.6. The van der Waals surface area contributed by atoms with Gasteiger partial charge in [-0.25, -0.2) is 0 Å². The summed E-state index contributed by atoms with van der Waals surface area (Å²) in [5.41, 5.74) is -1.34. The highest BCUT2D eigenvalue weighted by atomic mass is 16.5. The maximum absolute atomic E-state index is 12.5. The van der Waals surface area contributed by atoms with Crippen molar-refractivity contribution in [2.75, 3.05) is 6.61 Å². The van der Waals surface area contributed by atoms with E-state index in [4.69, 9.17) is 4.74 Å². The molecule has 0 aliphatic carbocycles. The third-order valence-electron chi connectivity index (χ3n) is 3.98. The maximum atomic E-state index is 12.5. The summed E-state index contributed by atoms with van der Waals surface area (Å²) in [5, 5.41) is 2.96. The van der Waals surface area contributed by atoms with Crippen LogP contribution < -0.4 is 5.32 Å². The standard InChI is InChI=1S/C20H39NO3/c1-17(2,3)16(23)19(7,8)13-14-24-20(9,10)12-11-15(22)21-18(4,5)6/h11-14H2,1-10H3,(H,21,22). The van der Waals surface area contributed by atoms with E-state index in [-0.39, 0.29) is 28.2 Å². The van der Waals surface area contributed by atoms with Crippen molar-refractivity contribution in [1.29, 1.82) is 0 Å². The predicted octanol–water partition coefficient (Wildman–Crippen LogP) is 4.51. The Morgan fingerprint density at radius 2 is 1.33 bits per heavy atom. The van der Waals surface area contributed by atoms with Crippen molar-refractivity contribution in [2.45, 2.75) is 99.6 Å². The molecule has 24 heavy (non-hydrogen) atoms. The molecule has 4 heteroatoms. The van der Waals surface area contributed by atoms with Gasteiger partial charge in [0.15, 0.2) is 0 Å². The van der Waals surface area contributed by atoms with Gasteiger partial charge in [-0.15, -0.1) is 0 Å². The Bertz CT molecular complexity index is 437. The molecule has 0 aromatic heterocycles. The van der Waals surface area contributed by atoms with Gasteiger partial charge < -0.3 is 10.1 Å². The van der Waals surface area contributed by atoms with E-state index >= 15 is 0 Å². The van der Waals surface area contributed by atoms with E-state index in [2.05, 4.69) is 5.32 Å². The molecular formula is C20H39NO3. The van der Waals surface area contributed by atoms with Crippen molar-refractivity contribution in [3.8, 4) is 0 Å². The van der Waals surface area contributed by atoms with E-state index in [0.717, 1.165) is 0 Å². The first kappa shape index (κ1) is 23.1. The first-order valence-corrected chi connectivity index (χ1v) is 8.96. The Morgan fingerprint density at radius 1 is 0.833 bits per heavy atom. The fourth-order valence-electron chi connectivity index (χ4n) is 2.68. The molecule has 0 radical (unpaired) electrons. The summed E-state index contributed by atoms with van der Waals surface area (Å²) in [4.78, 5) is 24.4. The highest BCUT2D eigenvalue weighted by Gasteiger charge is 2.36. The van der Waals surface area contributed by atoms with Crippen LogP contribution in [0.3, 0.4) is 0 Å². The second-order valence-electron chi connectivity index (χ2n) is 10.1. The molecule has 0 saturated carbocycles. The molecule has 0 unspecified atom stereocenters. The van der Waals surface area contributed by atoms with Gasteiger partial charge in [0, 0.05) is 29.4 Å². The largest absolute Gasteiger partial charge is 0.376 e. The van der Waals surface area contributed by atoms with Crippen LogP contribution in [-0.4, -0.2) is 29.4 Å². The third-order valence-corrected chi connectivity index (χ3v) is 3.98. The summed E-state index contributed by atoms with van der Waals surface area (Å²) in [6.45, 7) is 20.2. The van der Waals surface area contributed by atoms with Crippen LogP contribution in [0.15, 0.2) is 0 Å². The van der Waals surface area contributed by atoms with Gasteiger partial charge in [0.25, 0.3) is 0 Å². The zero-order chi connectivity index (χ0) is 19.4. The lowest BCUT2D eigenvalue weighted by Gasteiger charge is -2.32. The number of hydrogen-bond donors (Lipinski definition) is 1. The minimum Gasteiger partial charge on any atom is -0.376 e. The number of carbonyl (C=O) groups is 2. The highest BCUT2D eigenvalue weighted by molar-refractivity contribution is 5.88. The van der Waals surface area contributed by atoms with Gasteiger partial charge in [0.2, 0.25) is 5.91 Å². The average Bonchev–Trinajstić information content (AvgIpc) is 2.32. The molecule has 0 spiro atoms. The van der Waals surface area contributed by atoms with Gasteiger partial charge in [-0.1, -0.05) is 34.6 Å². The molecule has 0 heterocycles. The Labute approximate surface area is 149 Å². The SMILES string of the molecule is CC(C)(C)NC(=O)CCC(C)(C)OCCC(C)(C)C(=O)C(C)(C)C. The monoisotopic (exact) mass is 341 g/mol. The van der Waals surface area contributed by atoms with Crippen LogP contribution in [0, 0.1) is 10.8 Å². The van der Waals surface area contributed by atoms with Crippen molar-refractivity contribution < 1.29 is 14.3 Å². The van der Waals surface area contributed by atoms with Gasteiger partial charge in [-0.05, 0) is 47.5 Å². The summed E-state index contributed by atoms with van der Waals surface area (Å²) >= 11 is 0. The van der Waals surface area contributed by atoms with E-state index in [9.17, 15) is 9.59 Å². The number of ether oxygens (including phenoxy) is 1. The Kier molecular flexibility index (Phi) is 7.69. The number of hydrogen-bond acceptors (Lipinski definition) is 3. The summed E-state index contributed by atoms with van der Waals surface area (Å²) in [5.74, 6) is 0.295. The van der Waals surface area contributed by atoms with Gasteiger partial charge in [-0.2, -0.15) is 0 Å². The van der Waals surface area contributed by atoms with Crippen LogP contribution in [-0.2, 0) is 14.3 Å². The number of ketones is 1. The summed E-state index contributed by atoms with van der Waals surface area (Å²) in [6.07, 6.45) is 1.78. The number of rotatable bonds is 8. The minimum atomic E-state index is -0.405. The molecule has 0 atom stereocenters. The van der Waals surface area contributed by atoms with E-state index in [1.807, 2.05) is 69.2 Å². The second kappa shape index (κ2) is 7.99. The molecule has 0 aliphatic heterocycles. The number of amides is 1. The Balaban J connectivity index is 4.39. The molecule has 0 saturated heterocycles. The fraction of sp³-hybridized carbons (Fsp3) is 0.900. The molecule has 1 amide bonds. The minimum absolute atomic E-state index is 0.0439. The van der Waals surface area contributed by atoms with Crippen LogP contribution in [0.5, 0.6) is 0 Å². The lowest BCUT2D eigenvalue weighted by Crippen LogP contribution is -2.41. The first-order valence-electron chi connectivity index (χ1n) is 8.96. The lowest BCUT2D eigenvalue weighted by atomic mass is 9.73. The molecule has 1 N–H and O–H groups in total. The number of carbonyl (C=O) groups excluding carboxylic acids is 2. The van der Waals surface area contributed by atoms with E-state index in [1.54, 1.807) is 0 Å². The molecule has 0 rings (SSSR count). The van der Waals surface area contributed by atoms with Gasteiger partial charge in [0.05, 0.1) is 5.60 Å². The van der Waals surface area contributed by atoms with Crippen molar-refractivity contribution >= 4 is 11.7 Å². The van der Waals surface area contributed by atoms with Crippen LogP contribution in [0.4, 0.5) is 0 Å². The Hall–Kier alpha value is -0.900. The number of nitrogens with one attached hydrogen (secondary N) is 1. The molecule has 0 fully saturated rings. The van der Waals surface area contributed by atoms with Gasteiger partial charge in [-0.3, -0.25) is 9.59 Å². The number of Topliss-reactive ketones (excluding diaryl/α,β-unsaturated/α-hetero) is 1. The molecule has 0 aromatic rings. The van der Waals surface area contributed by atoms with Gasteiger partial charge in [0.1, 0.15) is 5.78 Å². The smallest absolute Gasteiger partial charge is 0.220 e. The highest BCUT2D eigenvalue weighted by Crippen LogP contribution is 2.32. The van der Waals surface area contributed by atoms with Crippen LogP contribution in [0.2, 0.25) is 0 Å². The average molecular weight is 342 g/mol.